The van der Waals surface area contributed by atoms with Crippen molar-refractivity contribution in [3.63, 3.8) is 0 Å². The molecule has 1 atom stereocenters. The molecule has 20 heavy (non-hydrogen) atoms. The van der Waals surface area contributed by atoms with E-state index in [9.17, 15) is 0 Å². The SMILES string of the molecule is CCCNC(c1ccc2ncccc2c1)c1csnn1. The van der Waals surface area contributed by atoms with Crippen LogP contribution < -0.4 is 5.32 Å². The number of aromatic nitrogens is 3. The third-order valence-corrected chi connectivity index (χ3v) is 3.75. The van der Waals surface area contributed by atoms with Gasteiger partial charge >= 0.3 is 0 Å². The zero-order chi connectivity index (χ0) is 13.8. The van der Waals surface area contributed by atoms with Crippen LogP contribution in [0.25, 0.3) is 10.9 Å². The summed E-state index contributed by atoms with van der Waals surface area (Å²) in [5, 5.41) is 10.9. The van der Waals surface area contributed by atoms with Gasteiger partial charge in [0.2, 0.25) is 0 Å². The van der Waals surface area contributed by atoms with Crippen molar-refractivity contribution in [1.29, 1.82) is 0 Å². The highest BCUT2D eigenvalue weighted by Crippen LogP contribution is 2.24. The Morgan fingerprint density at radius 3 is 3.05 bits per heavy atom. The molecule has 1 unspecified atom stereocenters. The third kappa shape index (κ3) is 2.69. The first-order chi connectivity index (χ1) is 9.88. The fourth-order valence-electron chi connectivity index (χ4n) is 2.25. The van der Waals surface area contributed by atoms with Crippen LogP contribution in [0.4, 0.5) is 0 Å². The van der Waals surface area contributed by atoms with Crippen LogP contribution in [-0.4, -0.2) is 21.1 Å². The second-order valence-corrected chi connectivity index (χ2v) is 5.28. The van der Waals surface area contributed by atoms with Crippen molar-refractivity contribution in [3.8, 4) is 0 Å². The van der Waals surface area contributed by atoms with Crippen molar-refractivity contribution in [2.75, 3.05) is 6.54 Å². The highest BCUT2D eigenvalue weighted by molar-refractivity contribution is 7.03. The van der Waals surface area contributed by atoms with E-state index in [1.54, 1.807) is 0 Å². The molecular weight excluding hydrogens is 268 g/mol. The van der Waals surface area contributed by atoms with Crippen LogP contribution >= 0.6 is 11.5 Å². The van der Waals surface area contributed by atoms with Gasteiger partial charge in [0.25, 0.3) is 0 Å². The molecule has 3 rings (SSSR count). The maximum atomic E-state index is 4.36. The lowest BCUT2D eigenvalue weighted by Gasteiger charge is -2.17. The molecular formula is C15H16N4S. The summed E-state index contributed by atoms with van der Waals surface area (Å²) in [6.07, 6.45) is 2.91. The Balaban J connectivity index is 1.99. The molecule has 0 bridgehead atoms. The molecule has 5 heteroatoms. The molecule has 0 saturated heterocycles. The summed E-state index contributed by atoms with van der Waals surface area (Å²) in [6.45, 7) is 3.11. The van der Waals surface area contributed by atoms with Crippen molar-refractivity contribution in [2.45, 2.75) is 19.4 Å². The minimum absolute atomic E-state index is 0.0957. The molecule has 0 aliphatic rings. The molecule has 102 valence electrons. The smallest absolute Gasteiger partial charge is 0.0970 e. The van der Waals surface area contributed by atoms with Crippen LogP contribution in [0, 0.1) is 0 Å². The van der Waals surface area contributed by atoms with E-state index in [4.69, 9.17) is 0 Å². The number of rotatable bonds is 5. The van der Waals surface area contributed by atoms with Gasteiger partial charge in [-0.05, 0) is 48.3 Å². The first-order valence-corrected chi connectivity index (χ1v) is 7.57. The zero-order valence-corrected chi connectivity index (χ0v) is 12.1. The first-order valence-electron chi connectivity index (χ1n) is 6.73. The lowest BCUT2D eigenvalue weighted by molar-refractivity contribution is 0.585. The average Bonchev–Trinajstić information content (AvgIpc) is 3.02. The minimum atomic E-state index is 0.0957. The Morgan fingerprint density at radius 2 is 2.25 bits per heavy atom. The molecule has 0 spiro atoms. The van der Waals surface area contributed by atoms with Gasteiger partial charge in [-0.2, -0.15) is 0 Å². The summed E-state index contributed by atoms with van der Waals surface area (Å²) in [5.41, 5.74) is 3.19. The van der Waals surface area contributed by atoms with E-state index in [2.05, 4.69) is 51.1 Å². The topological polar surface area (TPSA) is 50.7 Å². The van der Waals surface area contributed by atoms with Gasteiger partial charge in [-0.25, -0.2) is 0 Å². The summed E-state index contributed by atoms with van der Waals surface area (Å²) in [7, 11) is 0. The van der Waals surface area contributed by atoms with Crippen LogP contribution in [0.15, 0.2) is 41.9 Å². The molecule has 2 heterocycles. The maximum Gasteiger partial charge on any atom is 0.0970 e. The second-order valence-electron chi connectivity index (χ2n) is 4.67. The zero-order valence-electron chi connectivity index (χ0n) is 11.3. The number of benzene rings is 1. The molecule has 0 aliphatic heterocycles. The van der Waals surface area contributed by atoms with Gasteiger partial charge in [-0.3, -0.25) is 4.98 Å². The first kappa shape index (κ1) is 13.1. The fourth-order valence-corrected chi connectivity index (χ4v) is 2.73. The molecule has 4 nitrogen and oxygen atoms in total. The van der Waals surface area contributed by atoms with Crippen LogP contribution in [0.1, 0.15) is 30.6 Å². The lowest BCUT2D eigenvalue weighted by atomic mass is 10.0. The highest BCUT2D eigenvalue weighted by Gasteiger charge is 2.16. The van der Waals surface area contributed by atoms with E-state index in [1.165, 1.54) is 17.1 Å². The van der Waals surface area contributed by atoms with E-state index < -0.39 is 0 Å². The summed E-state index contributed by atoms with van der Waals surface area (Å²) < 4.78 is 3.98. The van der Waals surface area contributed by atoms with Crippen molar-refractivity contribution < 1.29 is 0 Å². The van der Waals surface area contributed by atoms with Gasteiger partial charge in [-0.1, -0.05) is 23.5 Å². The van der Waals surface area contributed by atoms with Crippen LogP contribution in [0.5, 0.6) is 0 Å². The number of nitrogens with zero attached hydrogens (tertiary/aromatic N) is 3. The predicted molar refractivity (Wildman–Crippen MR) is 81.8 cm³/mol. The predicted octanol–water partition coefficient (Wildman–Crippen LogP) is 3.18. The van der Waals surface area contributed by atoms with Crippen molar-refractivity contribution in [2.24, 2.45) is 0 Å². The molecule has 1 aromatic carbocycles. The maximum absolute atomic E-state index is 4.36. The Kier molecular flexibility index (Phi) is 3.99. The Hall–Kier alpha value is -1.85. The molecule has 0 amide bonds. The van der Waals surface area contributed by atoms with Gasteiger partial charge in [0.1, 0.15) is 0 Å². The number of nitrogens with one attached hydrogen (secondary N) is 1. The summed E-state index contributed by atoms with van der Waals surface area (Å²) >= 11 is 1.39. The van der Waals surface area contributed by atoms with E-state index in [0.29, 0.717) is 0 Å². The molecule has 2 aromatic heterocycles. The van der Waals surface area contributed by atoms with Crippen molar-refractivity contribution in [1.82, 2.24) is 19.9 Å². The number of hydrogen-bond donors (Lipinski definition) is 1. The van der Waals surface area contributed by atoms with E-state index >= 15 is 0 Å². The standard InChI is InChI=1S/C15H16N4S/c1-2-7-17-15(14-10-20-19-18-14)12-5-6-13-11(9-12)4-3-8-16-13/h3-6,8-10,15,17H,2,7H2,1H3. The van der Waals surface area contributed by atoms with Gasteiger partial charge in [0.15, 0.2) is 0 Å². The van der Waals surface area contributed by atoms with E-state index in [-0.39, 0.29) is 6.04 Å². The molecule has 1 N–H and O–H groups in total. The van der Waals surface area contributed by atoms with Gasteiger partial charge in [-0.15, -0.1) is 5.10 Å². The van der Waals surface area contributed by atoms with Crippen molar-refractivity contribution in [3.05, 3.63) is 53.2 Å². The largest absolute Gasteiger partial charge is 0.305 e. The summed E-state index contributed by atoms with van der Waals surface area (Å²) in [4.78, 5) is 4.36. The number of pyridine rings is 1. The van der Waals surface area contributed by atoms with Gasteiger partial charge in [0.05, 0.1) is 17.3 Å². The summed E-state index contributed by atoms with van der Waals surface area (Å²) in [5.74, 6) is 0. The minimum Gasteiger partial charge on any atom is -0.305 e. The molecule has 0 fully saturated rings. The Morgan fingerprint density at radius 1 is 1.30 bits per heavy atom. The third-order valence-electron chi connectivity index (χ3n) is 3.23. The molecule has 0 radical (unpaired) electrons. The second kappa shape index (κ2) is 6.07. The van der Waals surface area contributed by atoms with Crippen LogP contribution in [-0.2, 0) is 0 Å². The molecule has 3 aromatic rings. The normalized spacial score (nSPS) is 12.7. The number of fused-ring (bicyclic) bond motifs is 1. The van der Waals surface area contributed by atoms with E-state index in [1.807, 2.05) is 17.6 Å². The van der Waals surface area contributed by atoms with Gasteiger partial charge in [0, 0.05) is 17.0 Å². The lowest BCUT2D eigenvalue weighted by Crippen LogP contribution is -2.23. The Bertz CT molecular complexity index is 681. The van der Waals surface area contributed by atoms with Crippen LogP contribution in [0.3, 0.4) is 0 Å². The number of hydrogen-bond acceptors (Lipinski definition) is 5. The van der Waals surface area contributed by atoms with Gasteiger partial charge < -0.3 is 5.32 Å². The van der Waals surface area contributed by atoms with E-state index in [0.717, 1.165) is 29.6 Å². The molecule has 0 aliphatic carbocycles. The van der Waals surface area contributed by atoms with Crippen molar-refractivity contribution >= 4 is 22.4 Å². The monoisotopic (exact) mass is 284 g/mol. The quantitative estimate of drug-likeness (QED) is 0.782. The Labute approximate surface area is 122 Å². The van der Waals surface area contributed by atoms with Crippen LogP contribution in [0.2, 0.25) is 0 Å². The molecule has 0 saturated carbocycles. The highest BCUT2D eigenvalue weighted by atomic mass is 32.1. The average molecular weight is 284 g/mol. The fraction of sp³-hybridized carbons (Fsp3) is 0.267. The summed E-state index contributed by atoms with van der Waals surface area (Å²) in [6, 6.07) is 10.5.